The van der Waals surface area contributed by atoms with Crippen LogP contribution in [0.25, 0.3) is 11.6 Å². The van der Waals surface area contributed by atoms with Crippen molar-refractivity contribution in [1.82, 2.24) is 5.32 Å². The van der Waals surface area contributed by atoms with Crippen LogP contribution in [0, 0.1) is 0 Å². The van der Waals surface area contributed by atoms with Gasteiger partial charge in [0.2, 0.25) is 0 Å². The van der Waals surface area contributed by atoms with Crippen LogP contribution in [0.1, 0.15) is 45.2 Å². The molecule has 1 saturated heterocycles. The Bertz CT molecular complexity index is 1330. The fraction of sp³-hybridized carbons (Fsp3) is 0.269. The molecule has 2 heterocycles. The third-order valence-electron chi connectivity index (χ3n) is 6.11. The average Bonchev–Trinajstić information content (AvgIpc) is 2.76. The topological polar surface area (TPSA) is 52.7 Å². The lowest BCUT2D eigenvalue weighted by atomic mass is 9.87. The predicted molar refractivity (Wildman–Crippen MR) is 149 cm³/mol. The van der Waals surface area contributed by atoms with Gasteiger partial charge in [-0.25, -0.2) is 0 Å². The van der Waals surface area contributed by atoms with E-state index < -0.39 is 11.8 Å². The van der Waals surface area contributed by atoms with Crippen LogP contribution in [0.15, 0.2) is 42.0 Å². The van der Waals surface area contributed by atoms with Gasteiger partial charge < -0.3 is 4.90 Å². The number of thiocarbonyl (C=S) groups is 1. The normalized spacial score (nSPS) is 18.5. The van der Waals surface area contributed by atoms with Crippen molar-refractivity contribution in [3.05, 3.63) is 68.2 Å². The third-order valence-corrected chi connectivity index (χ3v) is 7.46. The van der Waals surface area contributed by atoms with Crippen LogP contribution in [0.3, 0.4) is 0 Å². The van der Waals surface area contributed by atoms with Crippen molar-refractivity contribution in [2.45, 2.75) is 39.7 Å². The minimum atomic E-state index is -0.592. The maximum Gasteiger partial charge on any atom is 0.270 e. The molecule has 0 radical (unpaired) electrons. The molecule has 0 aliphatic carbocycles. The lowest BCUT2D eigenvalue weighted by Gasteiger charge is -2.43. The number of halogens is 3. The Hall–Kier alpha value is -2.38. The minimum absolute atomic E-state index is 0.0386. The molecular weight excluding hydrogens is 525 g/mol. The molecule has 4 rings (SSSR count). The number of carbonyl (C=O) groups is 2. The van der Waals surface area contributed by atoms with Crippen molar-refractivity contribution in [2.24, 2.45) is 0 Å². The number of nitrogens with zero attached hydrogens (tertiary/aromatic N) is 2. The van der Waals surface area contributed by atoms with Gasteiger partial charge in [-0.05, 0) is 87.0 Å². The van der Waals surface area contributed by atoms with E-state index in [4.69, 9.17) is 47.0 Å². The van der Waals surface area contributed by atoms with Gasteiger partial charge in [0.05, 0.1) is 21.3 Å². The van der Waals surface area contributed by atoms with Crippen molar-refractivity contribution >= 4 is 87.0 Å². The number of carbonyl (C=O) groups excluding carboxylic acids is 2. The van der Waals surface area contributed by atoms with Crippen LogP contribution >= 0.6 is 47.0 Å². The molecule has 2 amide bonds. The summed E-state index contributed by atoms with van der Waals surface area (Å²) in [4.78, 5) is 29.7. The fourth-order valence-corrected chi connectivity index (χ4v) is 5.31. The summed E-state index contributed by atoms with van der Waals surface area (Å²) in [6.07, 6.45) is 4.71. The van der Waals surface area contributed by atoms with E-state index in [9.17, 15) is 9.59 Å². The number of allylic oxidation sites excluding steroid dienone is 1. The van der Waals surface area contributed by atoms with E-state index >= 15 is 0 Å². The Balaban J connectivity index is 1.79. The van der Waals surface area contributed by atoms with Crippen molar-refractivity contribution in [3.63, 3.8) is 0 Å². The second-order valence-electron chi connectivity index (χ2n) is 9.08. The molecule has 5 nitrogen and oxygen atoms in total. The summed E-state index contributed by atoms with van der Waals surface area (Å²) in [5.74, 6) is -1.17. The average molecular weight is 549 g/mol. The van der Waals surface area contributed by atoms with E-state index in [0.717, 1.165) is 29.8 Å². The first kappa shape index (κ1) is 25.7. The number of fused-ring (bicyclic) bond motifs is 1. The maximum absolute atomic E-state index is 13.4. The van der Waals surface area contributed by atoms with Gasteiger partial charge in [0.25, 0.3) is 11.8 Å². The van der Waals surface area contributed by atoms with Crippen LogP contribution < -0.4 is 15.1 Å². The van der Waals surface area contributed by atoms with Crippen LogP contribution in [0.5, 0.6) is 0 Å². The van der Waals surface area contributed by atoms with Crippen molar-refractivity contribution in [2.75, 3.05) is 16.3 Å². The lowest BCUT2D eigenvalue weighted by molar-refractivity contribution is -0.122. The van der Waals surface area contributed by atoms with Gasteiger partial charge in [-0.2, -0.15) is 0 Å². The highest BCUT2D eigenvalue weighted by Crippen LogP contribution is 2.42. The summed E-state index contributed by atoms with van der Waals surface area (Å²) in [5.41, 5.74) is 3.85. The fourth-order valence-electron chi connectivity index (χ4n) is 4.53. The zero-order chi connectivity index (χ0) is 25.7. The maximum atomic E-state index is 13.4. The summed E-state index contributed by atoms with van der Waals surface area (Å²) in [6.45, 7) is 9.41. The van der Waals surface area contributed by atoms with Crippen LogP contribution in [-0.4, -0.2) is 29.0 Å². The van der Waals surface area contributed by atoms with Crippen molar-refractivity contribution < 1.29 is 9.59 Å². The Labute approximate surface area is 225 Å². The number of rotatable bonds is 4. The van der Waals surface area contributed by atoms with Gasteiger partial charge >= 0.3 is 0 Å². The van der Waals surface area contributed by atoms with Gasteiger partial charge in [-0.15, -0.1) is 0 Å². The Morgan fingerprint density at radius 3 is 2.43 bits per heavy atom. The number of anilines is 2. The number of amides is 2. The summed E-state index contributed by atoms with van der Waals surface area (Å²) in [6, 6.07) is 8.52. The molecule has 0 unspecified atom stereocenters. The minimum Gasteiger partial charge on any atom is -0.362 e. The van der Waals surface area contributed by atoms with E-state index in [1.165, 1.54) is 17.0 Å². The quantitative estimate of drug-likeness (QED) is 0.257. The first-order valence-electron chi connectivity index (χ1n) is 11.1. The third kappa shape index (κ3) is 4.73. The van der Waals surface area contributed by atoms with Crippen molar-refractivity contribution in [3.8, 4) is 0 Å². The molecule has 1 N–H and O–H groups in total. The van der Waals surface area contributed by atoms with E-state index in [2.05, 4.69) is 44.0 Å². The highest BCUT2D eigenvalue weighted by atomic mass is 35.5. The Kier molecular flexibility index (Phi) is 7.04. The first-order valence-corrected chi connectivity index (χ1v) is 12.7. The van der Waals surface area contributed by atoms with Gasteiger partial charge in [0.15, 0.2) is 5.11 Å². The summed E-state index contributed by atoms with van der Waals surface area (Å²) in [7, 11) is 0. The van der Waals surface area contributed by atoms with E-state index in [-0.39, 0.29) is 21.2 Å². The van der Waals surface area contributed by atoms with Gasteiger partial charge in [-0.3, -0.25) is 19.8 Å². The standard InChI is InChI=1S/C26H24Cl3N3O2S/c1-5-8-31-22-12-20(28)15(9-17(22)14(2)13-26(31,3)4)10-18-23(33)30-25(35)32(24(18)34)16-6-7-19(27)21(29)11-16/h6-7,9-13H,5,8H2,1-4H3,(H,30,33,35)/b18-10-. The molecule has 0 saturated carbocycles. The molecule has 2 aromatic rings. The predicted octanol–water partition coefficient (Wildman–Crippen LogP) is 6.89. The highest BCUT2D eigenvalue weighted by Gasteiger charge is 2.36. The molecule has 0 aromatic heterocycles. The first-order chi connectivity index (χ1) is 16.4. The zero-order valence-electron chi connectivity index (χ0n) is 19.7. The number of hydrogen-bond donors (Lipinski definition) is 1. The molecule has 9 heteroatoms. The molecule has 2 aliphatic heterocycles. The van der Waals surface area contributed by atoms with Gasteiger partial charge in [0, 0.05) is 22.8 Å². The van der Waals surface area contributed by atoms with Crippen LogP contribution in [0.4, 0.5) is 11.4 Å². The molecule has 182 valence electrons. The summed E-state index contributed by atoms with van der Waals surface area (Å²) < 4.78 is 0. The largest absolute Gasteiger partial charge is 0.362 e. The number of hydrogen-bond acceptors (Lipinski definition) is 4. The van der Waals surface area contributed by atoms with Crippen molar-refractivity contribution in [1.29, 1.82) is 0 Å². The molecule has 0 spiro atoms. The molecule has 2 aliphatic rings. The smallest absolute Gasteiger partial charge is 0.270 e. The second-order valence-corrected chi connectivity index (χ2v) is 10.7. The molecule has 0 bridgehead atoms. The summed E-state index contributed by atoms with van der Waals surface area (Å²) >= 11 is 24.1. The van der Waals surface area contributed by atoms with Gasteiger partial charge in [0.1, 0.15) is 5.57 Å². The van der Waals surface area contributed by atoms with Crippen LogP contribution in [0.2, 0.25) is 15.1 Å². The molecule has 0 atom stereocenters. The van der Waals surface area contributed by atoms with E-state index in [0.29, 0.717) is 21.3 Å². The highest BCUT2D eigenvalue weighted by molar-refractivity contribution is 7.80. The lowest BCUT2D eigenvalue weighted by Crippen LogP contribution is -2.54. The zero-order valence-corrected chi connectivity index (χ0v) is 22.8. The number of nitrogens with one attached hydrogen (secondary N) is 1. The molecule has 35 heavy (non-hydrogen) atoms. The molecule has 1 fully saturated rings. The molecule has 2 aromatic carbocycles. The Morgan fingerprint density at radius 1 is 1.06 bits per heavy atom. The van der Waals surface area contributed by atoms with E-state index in [1.807, 2.05) is 12.1 Å². The Morgan fingerprint density at radius 2 is 1.77 bits per heavy atom. The van der Waals surface area contributed by atoms with Gasteiger partial charge in [-0.1, -0.05) is 47.8 Å². The second kappa shape index (κ2) is 9.58. The molecular formula is C26H24Cl3N3O2S. The number of benzene rings is 2. The van der Waals surface area contributed by atoms with E-state index in [1.54, 1.807) is 12.1 Å². The van der Waals surface area contributed by atoms with Crippen LogP contribution in [-0.2, 0) is 9.59 Å². The summed E-state index contributed by atoms with van der Waals surface area (Å²) in [5, 5.41) is 3.59. The SMILES string of the molecule is CCCN1c2cc(Cl)c(/C=C3/C(=O)NC(=S)N(c4ccc(Cl)c(Cl)c4)C3=O)cc2C(C)=CC1(C)C. The monoisotopic (exact) mass is 547 g/mol.